The van der Waals surface area contributed by atoms with Gasteiger partial charge in [-0.2, -0.15) is 0 Å². The van der Waals surface area contributed by atoms with Crippen molar-refractivity contribution in [3.8, 4) is 11.1 Å². The number of carboxylic acids is 1. The van der Waals surface area contributed by atoms with E-state index in [1.54, 1.807) is 0 Å². The van der Waals surface area contributed by atoms with E-state index in [2.05, 4.69) is 34.9 Å². The molecule has 3 aliphatic rings. The molecule has 1 aliphatic heterocycles. The average Bonchev–Trinajstić information content (AvgIpc) is 3.41. The molecule has 2 amide bonds. The Bertz CT molecular complexity index is 1070. The molecule has 8 heteroatoms. The van der Waals surface area contributed by atoms with E-state index < -0.39 is 29.6 Å². The molecule has 34 heavy (non-hydrogen) atoms. The summed E-state index contributed by atoms with van der Waals surface area (Å²) in [7, 11) is 0. The van der Waals surface area contributed by atoms with Crippen LogP contribution >= 0.6 is 0 Å². The number of hydrogen-bond donors (Lipinski definition) is 3. The first-order valence-corrected chi connectivity index (χ1v) is 11.8. The van der Waals surface area contributed by atoms with E-state index in [4.69, 9.17) is 9.47 Å². The van der Waals surface area contributed by atoms with E-state index >= 15 is 0 Å². The molecule has 1 saturated heterocycles. The molecule has 2 atom stereocenters. The number of amides is 2. The number of benzene rings is 2. The summed E-state index contributed by atoms with van der Waals surface area (Å²) >= 11 is 0. The molecule has 5 rings (SSSR count). The average molecular weight is 465 g/mol. The molecule has 0 bridgehead atoms. The molecule has 0 spiro atoms. The summed E-state index contributed by atoms with van der Waals surface area (Å²) in [6.45, 7) is 0.457. The standard InChI is InChI=1S/C26H28N2O6/c29-23(28-26(24(30)31)12-5-13-26)22-11-10-16(34-22)14-27-25(32)33-15-21-19-8-3-1-6-17(19)18-7-2-4-9-20(18)21/h1-4,6-9,16,21-22H,5,10-15H2,(H,27,32)(H,28,29)(H,30,31). The molecule has 3 N–H and O–H groups in total. The number of carbonyl (C=O) groups is 3. The first-order valence-electron chi connectivity index (χ1n) is 11.8. The van der Waals surface area contributed by atoms with Crippen LogP contribution in [0.25, 0.3) is 11.1 Å². The van der Waals surface area contributed by atoms with E-state index in [0.717, 1.165) is 17.5 Å². The third-order valence-corrected chi connectivity index (χ3v) is 7.20. The highest BCUT2D eigenvalue weighted by molar-refractivity contribution is 5.90. The number of carbonyl (C=O) groups excluding carboxylic acids is 2. The van der Waals surface area contributed by atoms with Crippen LogP contribution < -0.4 is 10.6 Å². The molecule has 1 heterocycles. The highest BCUT2D eigenvalue weighted by Crippen LogP contribution is 2.44. The zero-order chi connectivity index (χ0) is 23.7. The Labute approximate surface area is 197 Å². The second-order valence-corrected chi connectivity index (χ2v) is 9.26. The number of ether oxygens (including phenoxy) is 2. The third kappa shape index (κ3) is 4.14. The minimum atomic E-state index is -1.15. The molecule has 0 radical (unpaired) electrons. The van der Waals surface area contributed by atoms with Gasteiger partial charge in [0, 0.05) is 12.5 Å². The van der Waals surface area contributed by atoms with Gasteiger partial charge in [-0.25, -0.2) is 9.59 Å². The Morgan fingerprint density at radius 3 is 2.24 bits per heavy atom. The molecule has 2 aromatic carbocycles. The van der Waals surface area contributed by atoms with Gasteiger partial charge in [0.15, 0.2) is 0 Å². The van der Waals surface area contributed by atoms with Crippen molar-refractivity contribution in [1.82, 2.24) is 10.6 Å². The number of rotatable bonds is 7. The van der Waals surface area contributed by atoms with Crippen LogP contribution in [-0.4, -0.2) is 54.0 Å². The maximum absolute atomic E-state index is 12.5. The van der Waals surface area contributed by atoms with Crippen LogP contribution in [0.1, 0.15) is 49.1 Å². The highest BCUT2D eigenvalue weighted by Gasteiger charge is 2.47. The number of aliphatic carboxylic acids is 1. The van der Waals surface area contributed by atoms with Crippen molar-refractivity contribution < 1.29 is 29.0 Å². The minimum absolute atomic E-state index is 0.0120. The molecular weight excluding hydrogens is 436 g/mol. The Morgan fingerprint density at radius 2 is 1.65 bits per heavy atom. The van der Waals surface area contributed by atoms with E-state index in [1.165, 1.54) is 11.1 Å². The molecule has 178 valence electrons. The summed E-state index contributed by atoms with van der Waals surface area (Å²) in [5.74, 6) is -1.41. The summed E-state index contributed by atoms with van der Waals surface area (Å²) in [4.78, 5) is 36.3. The lowest BCUT2D eigenvalue weighted by molar-refractivity contribution is -0.154. The number of nitrogens with one attached hydrogen (secondary N) is 2. The fourth-order valence-electron chi connectivity index (χ4n) is 5.13. The van der Waals surface area contributed by atoms with Gasteiger partial charge in [-0.15, -0.1) is 0 Å². The maximum atomic E-state index is 12.5. The first kappa shape index (κ1) is 22.4. The Hall–Kier alpha value is -3.39. The summed E-state index contributed by atoms with van der Waals surface area (Å²) in [5, 5.41) is 14.8. The maximum Gasteiger partial charge on any atom is 0.407 e. The lowest BCUT2D eigenvalue weighted by Crippen LogP contribution is -2.60. The zero-order valence-electron chi connectivity index (χ0n) is 18.8. The largest absolute Gasteiger partial charge is 0.480 e. The number of hydrogen-bond acceptors (Lipinski definition) is 5. The van der Waals surface area contributed by atoms with Crippen molar-refractivity contribution in [2.75, 3.05) is 13.2 Å². The molecule has 0 aromatic heterocycles. The van der Waals surface area contributed by atoms with Gasteiger partial charge in [0.05, 0.1) is 6.10 Å². The highest BCUT2D eigenvalue weighted by atomic mass is 16.5. The summed E-state index contributed by atoms with van der Waals surface area (Å²) in [6, 6.07) is 16.3. The van der Waals surface area contributed by atoms with Crippen molar-refractivity contribution in [2.45, 2.75) is 55.8 Å². The van der Waals surface area contributed by atoms with E-state index in [1.807, 2.05) is 24.3 Å². The van der Waals surface area contributed by atoms with E-state index in [9.17, 15) is 19.5 Å². The minimum Gasteiger partial charge on any atom is -0.480 e. The van der Waals surface area contributed by atoms with Crippen LogP contribution in [-0.2, 0) is 19.1 Å². The van der Waals surface area contributed by atoms with Gasteiger partial charge < -0.3 is 25.2 Å². The molecule has 2 aromatic rings. The summed E-state index contributed by atoms with van der Waals surface area (Å²) in [5.41, 5.74) is 3.48. The second-order valence-electron chi connectivity index (χ2n) is 9.26. The predicted octanol–water partition coefficient (Wildman–Crippen LogP) is 3.20. The normalized spacial score (nSPS) is 22.2. The van der Waals surface area contributed by atoms with Gasteiger partial charge in [0.2, 0.25) is 5.91 Å². The van der Waals surface area contributed by atoms with Crippen LogP contribution in [0.2, 0.25) is 0 Å². The van der Waals surface area contributed by atoms with Gasteiger partial charge in [0.1, 0.15) is 18.2 Å². The van der Waals surface area contributed by atoms with Crippen molar-refractivity contribution in [3.05, 3.63) is 59.7 Å². The number of carboxylic acid groups (broad SMARTS) is 1. The monoisotopic (exact) mass is 464 g/mol. The van der Waals surface area contributed by atoms with Gasteiger partial charge in [0.25, 0.3) is 0 Å². The lowest BCUT2D eigenvalue weighted by Gasteiger charge is -2.38. The fourth-order valence-corrected chi connectivity index (χ4v) is 5.13. The van der Waals surface area contributed by atoms with Crippen LogP contribution in [0.4, 0.5) is 4.79 Å². The van der Waals surface area contributed by atoms with Crippen LogP contribution in [0.15, 0.2) is 48.5 Å². The van der Waals surface area contributed by atoms with Crippen molar-refractivity contribution in [2.24, 2.45) is 0 Å². The van der Waals surface area contributed by atoms with E-state index in [-0.39, 0.29) is 25.2 Å². The zero-order valence-corrected chi connectivity index (χ0v) is 18.8. The topological polar surface area (TPSA) is 114 Å². The quantitative estimate of drug-likeness (QED) is 0.580. The fraction of sp³-hybridized carbons (Fsp3) is 0.423. The van der Waals surface area contributed by atoms with Gasteiger partial charge in [-0.05, 0) is 54.4 Å². The predicted molar refractivity (Wildman–Crippen MR) is 123 cm³/mol. The smallest absolute Gasteiger partial charge is 0.407 e. The molecule has 2 aliphatic carbocycles. The Balaban J connectivity index is 1.10. The van der Waals surface area contributed by atoms with Crippen LogP contribution in [0, 0.1) is 0 Å². The Morgan fingerprint density at radius 1 is 1.00 bits per heavy atom. The van der Waals surface area contributed by atoms with Crippen LogP contribution in [0.5, 0.6) is 0 Å². The first-order chi connectivity index (χ1) is 16.5. The van der Waals surface area contributed by atoms with Crippen molar-refractivity contribution in [3.63, 3.8) is 0 Å². The Kier molecular flexibility index (Phi) is 6.00. The van der Waals surface area contributed by atoms with Gasteiger partial charge >= 0.3 is 12.1 Å². The summed E-state index contributed by atoms with van der Waals surface area (Å²) < 4.78 is 11.3. The van der Waals surface area contributed by atoms with Crippen molar-refractivity contribution in [1.29, 1.82) is 0 Å². The molecule has 2 fully saturated rings. The van der Waals surface area contributed by atoms with E-state index in [0.29, 0.717) is 25.7 Å². The molecule has 1 saturated carbocycles. The molecule has 8 nitrogen and oxygen atoms in total. The number of alkyl carbamates (subject to hydrolysis) is 1. The third-order valence-electron chi connectivity index (χ3n) is 7.20. The number of fused-ring (bicyclic) bond motifs is 3. The molecular formula is C26H28N2O6. The van der Waals surface area contributed by atoms with Crippen LogP contribution in [0.3, 0.4) is 0 Å². The second kappa shape index (κ2) is 9.10. The van der Waals surface area contributed by atoms with Crippen molar-refractivity contribution >= 4 is 18.0 Å². The lowest BCUT2D eigenvalue weighted by atomic mass is 9.76. The SMILES string of the molecule is O=C(NCC1CCC(C(=O)NC2(C(=O)O)CCC2)O1)OCC1c2ccccc2-c2ccccc21. The van der Waals surface area contributed by atoms with Gasteiger partial charge in [-0.1, -0.05) is 48.5 Å². The molecule has 2 unspecified atom stereocenters. The van der Waals surface area contributed by atoms with Gasteiger partial charge in [-0.3, -0.25) is 4.79 Å². The summed E-state index contributed by atoms with van der Waals surface area (Å²) in [6.07, 6.45) is 1.19.